The van der Waals surface area contributed by atoms with Crippen LogP contribution in [0.25, 0.3) is 0 Å². The van der Waals surface area contributed by atoms with E-state index in [0.29, 0.717) is 6.54 Å². The van der Waals surface area contributed by atoms with Crippen LogP contribution in [0, 0.1) is 0 Å². The molecule has 0 radical (unpaired) electrons. The van der Waals surface area contributed by atoms with Gasteiger partial charge in [0.1, 0.15) is 0 Å². The standard InChI is InChI=1S/C18H28N4/c1-17(2,3)14-9-7-13(8-10-14)12-22-16(18(4,5)6)15(11-19)20-21-22/h7-10H,11-12,19H2,1-6H3. The summed E-state index contributed by atoms with van der Waals surface area (Å²) in [6.45, 7) is 14.3. The minimum absolute atomic E-state index is 0.0243. The van der Waals surface area contributed by atoms with Gasteiger partial charge in [-0.2, -0.15) is 0 Å². The molecule has 0 fully saturated rings. The van der Waals surface area contributed by atoms with Crippen molar-refractivity contribution in [1.29, 1.82) is 0 Å². The van der Waals surface area contributed by atoms with Gasteiger partial charge in [-0.15, -0.1) is 5.10 Å². The summed E-state index contributed by atoms with van der Waals surface area (Å²) in [4.78, 5) is 0. The molecule has 2 N–H and O–H groups in total. The van der Waals surface area contributed by atoms with Crippen molar-refractivity contribution >= 4 is 0 Å². The maximum atomic E-state index is 5.81. The van der Waals surface area contributed by atoms with Crippen LogP contribution in [0.15, 0.2) is 24.3 Å². The molecule has 0 unspecified atom stereocenters. The van der Waals surface area contributed by atoms with E-state index >= 15 is 0 Å². The van der Waals surface area contributed by atoms with Crippen molar-refractivity contribution in [3.63, 3.8) is 0 Å². The summed E-state index contributed by atoms with van der Waals surface area (Å²) in [6, 6.07) is 8.76. The second-order valence-electron chi connectivity index (χ2n) is 7.94. The van der Waals surface area contributed by atoms with Crippen LogP contribution < -0.4 is 5.73 Å². The average Bonchev–Trinajstić information content (AvgIpc) is 2.81. The van der Waals surface area contributed by atoms with E-state index in [0.717, 1.165) is 17.9 Å². The van der Waals surface area contributed by atoms with E-state index in [1.54, 1.807) is 0 Å². The fraction of sp³-hybridized carbons (Fsp3) is 0.556. The number of nitrogens with zero attached hydrogens (tertiary/aromatic N) is 3. The summed E-state index contributed by atoms with van der Waals surface area (Å²) >= 11 is 0. The summed E-state index contributed by atoms with van der Waals surface area (Å²) in [7, 11) is 0. The maximum absolute atomic E-state index is 5.81. The van der Waals surface area contributed by atoms with Crippen LogP contribution in [-0.2, 0) is 23.9 Å². The Bertz CT molecular complexity index is 625. The molecule has 1 aromatic carbocycles. The molecule has 120 valence electrons. The normalized spacial score (nSPS) is 12.7. The molecule has 4 heteroatoms. The number of hydrogen-bond donors (Lipinski definition) is 1. The number of rotatable bonds is 3. The summed E-state index contributed by atoms with van der Waals surface area (Å²) in [6.07, 6.45) is 0. The molecular weight excluding hydrogens is 272 g/mol. The van der Waals surface area contributed by atoms with Gasteiger partial charge in [-0.1, -0.05) is 71.0 Å². The smallest absolute Gasteiger partial charge is 0.1000 e. The fourth-order valence-electron chi connectivity index (χ4n) is 2.70. The molecule has 0 bridgehead atoms. The second kappa shape index (κ2) is 5.84. The van der Waals surface area contributed by atoms with E-state index in [1.165, 1.54) is 11.1 Å². The topological polar surface area (TPSA) is 56.7 Å². The van der Waals surface area contributed by atoms with E-state index in [-0.39, 0.29) is 10.8 Å². The SMILES string of the molecule is CC(C)(C)c1ccc(Cn2nnc(CN)c2C(C)(C)C)cc1. The monoisotopic (exact) mass is 300 g/mol. The lowest BCUT2D eigenvalue weighted by Gasteiger charge is -2.22. The predicted molar refractivity (Wildman–Crippen MR) is 90.9 cm³/mol. The van der Waals surface area contributed by atoms with Crippen molar-refractivity contribution in [2.24, 2.45) is 5.73 Å². The van der Waals surface area contributed by atoms with Gasteiger partial charge in [0.25, 0.3) is 0 Å². The predicted octanol–water partition coefficient (Wildman–Crippen LogP) is 3.38. The number of aromatic nitrogens is 3. The molecule has 2 rings (SSSR count). The van der Waals surface area contributed by atoms with Crippen LogP contribution in [0.4, 0.5) is 0 Å². The third kappa shape index (κ3) is 3.55. The Morgan fingerprint density at radius 3 is 2.00 bits per heavy atom. The zero-order valence-corrected chi connectivity index (χ0v) is 14.6. The van der Waals surface area contributed by atoms with Crippen molar-refractivity contribution in [2.45, 2.75) is 65.5 Å². The average molecular weight is 300 g/mol. The zero-order valence-electron chi connectivity index (χ0n) is 14.6. The third-order valence-electron chi connectivity index (χ3n) is 3.86. The van der Waals surface area contributed by atoms with Gasteiger partial charge in [-0.3, -0.25) is 0 Å². The van der Waals surface area contributed by atoms with Crippen molar-refractivity contribution < 1.29 is 0 Å². The van der Waals surface area contributed by atoms with Crippen LogP contribution in [0.3, 0.4) is 0 Å². The Labute approximate surface area is 133 Å². The Morgan fingerprint density at radius 2 is 1.55 bits per heavy atom. The number of nitrogens with two attached hydrogens (primary N) is 1. The van der Waals surface area contributed by atoms with Crippen molar-refractivity contribution in [3.8, 4) is 0 Å². The van der Waals surface area contributed by atoms with Gasteiger partial charge in [0.15, 0.2) is 0 Å². The molecule has 0 amide bonds. The molecule has 0 aliphatic carbocycles. The molecule has 0 saturated heterocycles. The fourth-order valence-corrected chi connectivity index (χ4v) is 2.70. The van der Waals surface area contributed by atoms with Gasteiger partial charge in [-0.25, -0.2) is 4.68 Å². The molecule has 1 heterocycles. The van der Waals surface area contributed by atoms with Gasteiger partial charge in [0.2, 0.25) is 0 Å². The molecule has 0 atom stereocenters. The molecule has 0 spiro atoms. The summed E-state index contributed by atoms with van der Waals surface area (Å²) in [5.74, 6) is 0. The Balaban J connectivity index is 2.30. The second-order valence-corrected chi connectivity index (χ2v) is 7.94. The lowest BCUT2D eigenvalue weighted by Crippen LogP contribution is -2.21. The van der Waals surface area contributed by atoms with E-state index < -0.39 is 0 Å². The van der Waals surface area contributed by atoms with Gasteiger partial charge < -0.3 is 5.73 Å². The van der Waals surface area contributed by atoms with E-state index in [9.17, 15) is 0 Å². The van der Waals surface area contributed by atoms with Crippen LogP contribution in [0.5, 0.6) is 0 Å². The first kappa shape index (κ1) is 16.7. The zero-order chi connectivity index (χ0) is 16.5. The van der Waals surface area contributed by atoms with E-state index in [2.05, 4.69) is 76.1 Å². The molecular formula is C18H28N4. The Morgan fingerprint density at radius 1 is 0.955 bits per heavy atom. The summed E-state index contributed by atoms with van der Waals surface area (Å²) in [5, 5.41) is 8.55. The first-order chi connectivity index (χ1) is 10.1. The molecule has 0 aliphatic heterocycles. The minimum Gasteiger partial charge on any atom is -0.325 e. The highest BCUT2D eigenvalue weighted by atomic mass is 15.4. The highest BCUT2D eigenvalue weighted by Crippen LogP contribution is 2.26. The van der Waals surface area contributed by atoms with E-state index in [1.807, 2.05) is 4.68 Å². The largest absolute Gasteiger partial charge is 0.325 e. The lowest BCUT2D eigenvalue weighted by atomic mass is 9.86. The molecule has 22 heavy (non-hydrogen) atoms. The van der Waals surface area contributed by atoms with Crippen molar-refractivity contribution in [3.05, 3.63) is 46.8 Å². The Hall–Kier alpha value is -1.68. The lowest BCUT2D eigenvalue weighted by molar-refractivity contribution is 0.498. The van der Waals surface area contributed by atoms with Crippen LogP contribution in [-0.4, -0.2) is 15.0 Å². The van der Waals surface area contributed by atoms with Gasteiger partial charge >= 0.3 is 0 Å². The molecule has 1 aromatic heterocycles. The molecule has 0 aliphatic rings. The molecule has 0 saturated carbocycles. The summed E-state index contributed by atoms with van der Waals surface area (Å²) in [5.41, 5.74) is 10.5. The van der Waals surface area contributed by atoms with Gasteiger partial charge in [0, 0.05) is 12.0 Å². The van der Waals surface area contributed by atoms with Crippen LogP contribution in [0.2, 0.25) is 0 Å². The Kier molecular flexibility index (Phi) is 4.43. The van der Waals surface area contributed by atoms with Gasteiger partial charge in [-0.05, 0) is 16.5 Å². The van der Waals surface area contributed by atoms with Crippen LogP contribution in [0.1, 0.15) is 64.1 Å². The first-order valence-corrected chi connectivity index (χ1v) is 7.85. The first-order valence-electron chi connectivity index (χ1n) is 7.85. The highest BCUT2D eigenvalue weighted by molar-refractivity contribution is 5.28. The minimum atomic E-state index is -0.0243. The van der Waals surface area contributed by atoms with Gasteiger partial charge in [0.05, 0.1) is 17.9 Å². The molecule has 4 nitrogen and oxygen atoms in total. The third-order valence-corrected chi connectivity index (χ3v) is 3.86. The van der Waals surface area contributed by atoms with E-state index in [4.69, 9.17) is 5.73 Å². The molecule has 2 aromatic rings. The quantitative estimate of drug-likeness (QED) is 0.945. The highest BCUT2D eigenvalue weighted by Gasteiger charge is 2.24. The number of hydrogen-bond acceptors (Lipinski definition) is 3. The van der Waals surface area contributed by atoms with Crippen molar-refractivity contribution in [1.82, 2.24) is 15.0 Å². The summed E-state index contributed by atoms with van der Waals surface area (Å²) < 4.78 is 1.98. The van der Waals surface area contributed by atoms with Crippen molar-refractivity contribution in [2.75, 3.05) is 0 Å². The maximum Gasteiger partial charge on any atom is 0.1000 e. The number of benzene rings is 1. The van der Waals surface area contributed by atoms with Crippen LogP contribution >= 0.6 is 0 Å².